The molecule has 9 nitrogen and oxygen atoms in total. The normalized spacial score (nSPS) is 22.4. The van der Waals surface area contributed by atoms with E-state index in [1.54, 1.807) is 0 Å². The minimum atomic E-state index is -4.52. The minimum Gasteiger partial charge on any atom is -0.325 e. The van der Waals surface area contributed by atoms with E-state index in [2.05, 4.69) is 14.8 Å². The van der Waals surface area contributed by atoms with Crippen LogP contribution in [-0.4, -0.2) is 71.7 Å². The Hall–Kier alpha value is -2.67. The van der Waals surface area contributed by atoms with Crippen LogP contribution in [-0.2, 0) is 16.2 Å². The Morgan fingerprint density at radius 1 is 1.03 bits per heavy atom. The first-order valence-electron chi connectivity index (χ1n) is 13.1. The summed E-state index contributed by atoms with van der Waals surface area (Å²) >= 11 is 0. The highest BCUT2D eigenvalue weighted by Crippen LogP contribution is 2.54. The SMILES string of the molecule is O=C(N1CCC(CNS(=O)(=O)c2ccc(C(F)(F)F)cc2)CC1)N1CC2(CC(n3cnc(C4CC4)n3)C2)C1. The Bertz CT molecular complexity index is 1290. The molecule has 0 atom stereocenters. The number of nitrogens with zero attached hydrogens (tertiary/aromatic N) is 5. The average molecular weight is 553 g/mol. The molecule has 2 saturated heterocycles. The molecule has 3 heterocycles. The van der Waals surface area contributed by atoms with Gasteiger partial charge in [-0.3, -0.25) is 0 Å². The van der Waals surface area contributed by atoms with Gasteiger partial charge in [0.1, 0.15) is 6.33 Å². The molecule has 4 aliphatic rings. The third-order valence-electron chi connectivity index (χ3n) is 8.44. The fourth-order valence-electron chi connectivity index (χ4n) is 5.94. The number of alkyl halides is 3. The Labute approximate surface area is 219 Å². The van der Waals surface area contributed by atoms with E-state index in [9.17, 15) is 26.4 Å². The average Bonchev–Trinajstić information content (AvgIpc) is 3.58. The third kappa shape index (κ3) is 5.02. The summed E-state index contributed by atoms with van der Waals surface area (Å²) < 4.78 is 67.7. The predicted molar refractivity (Wildman–Crippen MR) is 131 cm³/mol. The second-order valence-corrected chi connectivity index (χ2v) is 13.1. The van der Waals surface area contributed by atoms with Gasteiger partial charge in [0, 0.05) is 44.1 Å². The molecule has 2 aromatic rings. The first-order valence-corrected chi connectivity index (χ1v) is 14.6. The summed E-state index contributed by atoms with van der Waals surface area (Å²) in [6, 6.07) is 3.87. The topological polar surface area (TPSA) is 100 Å². The molecule has 38 heavy (non-hydrogen) atoms. The van der Waals surface area contributed by atoms with Crippen LogP contribution >= 0.6 is 0 Å². The smallest absolute Gasteiger partial charge is 0.325 e. The molecule has 1 aromatic heterocycles. The zero-order valence-electron chi connectivity index (χ0n) is 20.9. The van der Waals surface area contributed by atoms with Crippen LogP contribution in [0.5, 0.6) is 0 Å². The van der Waals surface area contributed by atoms with Crippen molar-refractivity contribution in [1.29, 1.82) is 0 Å². The van der Waals surface area contributed by atoms with Crippen molar-refractivity contribution in [3.63, 3.8) is 0 Å². The molecule has 0 radical (unpaired) electrons. The number of nitrogens with one attached hydrogen (secondary N) is 1. The van der Waals surface area contributed by atoms with Crippen molar-refractivity contribution in [2.24, 2.45) is 11.3 Å². The van der Waals surface area contributed by atoms with Gasteiger partial charge in [0.25, 0.3) is 0 Å². The number of aromatic nitrogens is 3. The van der Waals surface area contributed by atoms with Gasteiger partial charge in [-0.15, -0.1) is 0 Å². The van der Waals surface area contributed by atoms with Crippen LogP contribution in [0.1, 0.15) is 61.9 Å². The van der Waals surface area contributed by atoms with Crippen molar-refractivity contribution in [2.75, 3.05) is 32.7 Å². The number of carbonyl (C=O) groups is 1. The molecule has 2 aliphatic heterocycles. The van der Waals surface area contributed by atoms with Gasteiger partial charge in [-0.25, -0.2) is 27.6 Å². The number of piperidine rings is 1. The molecular formula is C25H31F3N6O3S. The van der Waals surface area contributed by atoms with Crippen LogP contribution in [0.3, 0.4) is 0 Å². The third-order valence-corrected chi connectivity index (χ3v) is 9.88. The van der Waals surface area contributed by atoms with Gasteiger partial charge in [0.05, 0.1) is 16.5 Å². The maximum Gasteiger partial charge on any atom is 0.416 e. The van der Waals surface area contributed by atoms with E-state index >= 15 is 0 Å². The van der Waals surface area contributed by atoms with E-state index in [0.717, 1.165) is 56.0 Å². The van der Waals surface area contributed by atoms with Gasteiger partial charge in [0.2, 0.25) is 10.0 Å². The van der Waals surface area contributed by atoms with Crippen LogP contribution in [0.15, 0.2) is 35.5 Å². The molecule has 2 amide bonds. The van der Waals surface area contributed by atoms with Gasteiger partial charge < -0.3 is 9.80 Å². The van der Waals surface area contributed by atoms with Crippen LogP contribution in [0.2, 0.25) is 0 Å². The summed E-state index contributed by atoms with van der Waals surface area (Å²) in [4.78, 5) is 21.0. The monoisotopic (exact) mass is 552 g/mol. The second-order valence-electron chi connectivity index (χ2n) is 11.4. The molecule has 1 N–H and O–H groups in total. The first-order chi connectivity index (χ1) is 18.0. The maximum absolute atomic E-state index is 13.0. The minimum absolute atomic E-state index is 0.0413. The fraction of sp³-hybridized carbons (Fsp3) is 0.640. The van der Waals surface area contributed by atoms with E-state index in [1.807, 2.05) is 20.8 Å². The molecule has 0 bridgehead atoms. The Kier molecular flexibility index (Phi) is 6.21. The standard InChI is InChI=1S/C25H31F3N6O3S/c26-25(27,28)19-3-5-21(6-4-19)38(36,37)30-13-17-7-9-32(10-8-17)23(35)33-14-24(15-33)11-20(12-24)34-16-29-22(31-34)18-1-2-18/h3-6,16-18,20,30H,1-2,7-15H2. The summed E-state index contributed by atoms with van der Waals surface area (Å²) in [6.07, 6.45) is 3.07. The molecule has 206 valence electrons. The van der Waals surface area contributed by atoms with E-state index in [4.69, 9.17) is 0 Å². The van der Waals surface area contributed by atoms with Crippen LogP contribution in [0, 0.1) is 11.3 Å². The molecule has 0 unspecified atom stereocenters. The maximum atomic E-state index is 13.0. The molecule has 2 aliphatic carbocycles. The number of urea groups is 1. The molecule has 13 heteroatoms. The van der Waals surface area contributed by atoms with Crippen molar-refractivity contribution in [1.82, 2.24) is 29.3 Å². The number of halogens is 3. The Morgan fingerprint density at radius 3 is 2.29 bits per heavy atom. The van der Waals surface area contributed by atoms with Gasteiger partial charge in [-0.2, -0.15) is 18.3 Å². The van der Waals surface area contributed by atoms with Gasteiger partial charge in [-0.1, -0.05) is 0 Å². The summed E-state index contributed by atoms with van der Waals surface area (Å²) in [5.74, 6) is 1.57. The number of likely N-dealkylation sites (tertiary alicyclic amines) is 2. The lowest BCUT2D eigenvalue weighted by molar-refractivity contribution is -0.137. The van der Waals surface area contributed by atoms with Crippen LogP contribution in [0.4, 0.5) is 18.0 Å². The number of hydrogen-bond donors (Lipinski definition) is 1. The van der Waals surface area contributed by atoms with Crippen LogP contribution < -0.4 is 4.72 Å². The zero-order valence-corrected chi connectivity index (χ0v) is 21.7. The fourth-order valence-corrected chi connectivity index (χ4v) is 7.06. The summed E-state index contributed by atoms with van der Waals surface area (Å²) in [5.41, 5.74) is -0.697. The number of hydrogen-bond acceptors (Lipinski definition) is 5. The van der Waals surface area contributed by atoms with Crippen molar-refractivity contribution in [3.8, 4) is 0 Å². The van der Waals surface area contributed by atoms with E-state index in [1.165, 1.54) is 12.8 Å². The van der Waals surface area contributed by atoms with Crippen molar-refractivity contribution < 1.29 is 26.4 Å². The van der Waals surface area contributed by atoms with Crippen LogP contribution in [0.25, 0.3) is 0 Å². The molecule has 1 spiro atoms. The predicted octanol–water partition coefficient (Wildman–Crippen LogP) is 3.62. The quantitative estimate of drug-likeness (QED) is 0.590. The lowest BCUT2D eigenvalue weighted by atomic mass is 9.61. The summed E-state index contributed by atoms with van der Waals surface area (Å²) in [5, 5.41) is 4.65. The number of rotatable bonds is 6. The van der Waals surface area contributed by atoms with Gasteiger partial charge in [0.15, 0.2) is 5.82 Å². The number of benzene rings is 1. The highest BCUT2D eigenvalue weighted by Gasteiger charge is 2.55. The van der Waals surface area contributed by atoms with E-state index in [-0.39, 0.29) is 28.8 Å². The molecule has 2 saturated carbocycles. The van der Waals surface area contributed by atoms with Gasteiger partial charge >= 0.3 is 12.2 Å². The van der Waals surface area contributed by atoms with Crippen molar-refractivity contribution in [3.05, 3.63) is 42.0 Å². The number of amides is 2. The Balaban J connectivity index is 0.924. The van der Waals surface area contributed by atoms with Crippen molar-refractivity contribution in [2.45, 2.75) is 61.6 Å². The van der Waals surface area contributed by atoms with E-state index < -0.39 is 21.8 Å². The van der Waals surface area contributed by atoms with Crippen molar-refractivity contribution >= 4 is 16.1 Å². The highest BCUT2D eigenvalue weighted by atomic mass is 32.2. The Morgan fingerprint density at radius 2 is 1.68 bits per heavy atom. The molecular weight excluding hydrogens is 521 g/mol. The molecule has 6 rings (SSSR count). The highest BCUT2D eigenvalue weighted by molar-refractivity contribution is 7.89. The van der Waals surface area contributed by atoms with E-state index in [0.29, 0.717) is 37.9 Å². The number of sulfonamides is 1. The zero-order chi connectivity index (χ0) is 26.7. The summed E-state index contributed by atoms with van der Waals surface area (Å²) in [6.45, 7) is 2.82. The summed E-state index contributed by atoms with van der Waals surface area (Å²) in [7, 11) is -3.91. The lowest BCUT2D eigenvalue weighted by Crippen LogP contribution is -2.66. The lowest BCUT2D eigenvalue weighted by Gasteiger charge is -2.59. The largest absolute Gasteiger partial charge is 0.416 e. The number of carbonyl (C=O) groups excluding carboxylic acids is 1. The molecule has 4 fully saturated rings. The second kappa shape index (κ2) is 9.22. The first kappa shape index (κ1) is 25.6. The molecule has 1 aromatic carbocycles. The van der Waals surface area contributed by atoms with Gasteiger partial charge in [-0.05, 0) is 68.7 Å².